The molecule has 34 heavy (non-hydrogen) atoms. The van der Waals surface area contributed by atoms with Gasteiger partial charge in [-0.2, -0.15) is 4.98 Å². The van der Waals surface area contributed by atoms with Gasteiger partial charge in [0.1, 0.15) is 17.5 Å². The molecule has 1 atom stereocenters. The van der Waals surface area contributed by atoms with Crippen molar-refractivity contribution in [3.05, 3.63) is 53.2 Å². The molecule has 2 heterocycles. The number of hydrogen-bond donors (Lipinski definition) is 1. The standard InChI is InChI=1S/C25H26N4O5/c1-31-15-9-11-19(32-2)16(13-15)23-22-17(6-5-7-18(22)30)26-25-27-24(28-29(23)25)14-8-10-20(33-3)21(12-14)34-4/h8-13,23H,5-7H2,1-4H3,(H,26,27,28). The van der Waals surface area contributed by atoms with Crippen molar-refractivity contribution in [2.45, 2.75) is 25.3 Å². The minimum Gasteiger partial charge on any atom is -0.497 e. The summed E-state index contributed by atoms with van der Waals surface area (Å²) in [7, 11) is 6.40. The van der Waals surface area contributed by atoms with E-state index in [1.54, 1.807) is 33.1 Å². The van der Waals surface area contributed by atoms with E-state index >= 15 is 0 Å². The van der Waals surface area contributed by atoms with Crippen LogP contribution in [-0.4, -0.2) is 49.0 Å². The number of hydrogen-bond acceptors (Lipinski definition) is 8. The number of ether oxygens (including phenoxy) is 4. The summed E-state index contributed by atoms with van der Waals surface area (Å²) in [6.07, 6.45) is 2.06. The van der Waals surface area contributed by atoms with E-state index in [1.165, 1.54) is 0 Å². The fourth-order valence-corrected chi connectivity index (χ4v) is 4.59. The van der Waals surface area contributed by atoms with Crippen LogP contribution in [0.4, 0.5) is 5.95 Å². The van der Waals surface area contributed by atoms with Crippen LogP contribution >= 0.6 is 0 Å². The van der Waals surface area contributed by atoms with Crippen molar-refractivity contribution < 1.29 is 23.7 Å². The van der Waals surface area contributed by atoms with Crippen LogP contribution in [0.3, 0.4) is 0 Å². The summed E-state index contributed by atoms with van der Waals surface area (Å²) in [5.41, 5.74) is 3.12. The Bertz CT molecular complexity index is 1300. The Morgan fingerprint density at radius 1 is 0.912 bits per heavy atom. The minimum atomic E-state index is -0.495. The molecule has 1 unspecified atom stereocenters. The number of carbonyl (C=O) groups excluding carboxylic acids is 1. The lowest BCUT2D eigenvalue weighted by Gasteiger charge is -2.32. The second-order valence-electron chi connectivity index (χ2n) is 8.08. The first-order chi connectivity index (χ1) is 16.6. The number of methoxy groups -OCH3 is 4. The van der Waals surface area contributed by atoms with Crippen LogP contribution in [0.5, 0.6) is 23.0 Å². The van der Waals surface area contributed by atoms with Gasteiger partial charge in [0.15, 0.2) is 23.1 Å². The molecule has 0 saturated heterocycles. The lowest BCUT2D eigenvalue weighted by atomic mass is 9.85. The van der Waals surface area contributed by atoms with E-state index in [2.05, 4.69) is 5.32 Å². The summed E-state index contributed by atoms with van der Waals surface area (Å²) >= 11 is 0. The highest BCUT2D eigenvalue weighted by molar-refractivity contribution is 5.99. The van der Waals surface area contributed by atoms with E-state index in [1.807, 2.05) is 36.4 Å². The predicted octanol–water partition coefficient (Wildman–Crippen LogP) is 4.00. The molecular weight excluding hydrogens is 436 g/mol. The third kappa shape index (κ3) is 3.53. The summed E-state index contributed by atoms with van der Waals surface area (Å²) in [4.78, 5) is 17.9. The van der Waals surface area contributed by atoms with Crippen LogP contribution in [0.15, 0.2) is 47.7 Å². The van der Waals surface area contributed by atoms with E-state index in [-0.39, 0.29) is 5.78 Å². The quantitative estimate of drug-likeness (QED) is 0.587. The minimum absolute atomic E-state index is 0.0949. The number of aromatic nitrogens is 3. The topological polar surface area (TPSA) is 96.7 Å². The molecule has 9 nitrogen and oxygen atoms in total. The smallest absolute Gasteiger partial charge is 0.226 e. The van der Waals surface area contributed by atoms with Crippen molar-refractivity contribution >= 4 is 11.7 Å². The van der Waals surface area contributed by atoms with Gasteiger partial charge >= 0.3 is 0 Å². The van der Waals surface area contributed by atoms with Crippen LogP contribution in [-0.2, 0) is 4.79 Å². The fourth-order valence-electron chi connectivity index (χ4n) is 4.59. The van der Waals surface area contributed by atoms with Crippen LogP contribution in [0.25, 0.3) is 11.4 Å². The molecule has 1 N–H and O–H groups in total. The Hall–Kier alpha value is -4.01. The van der Waals surface area contributed by atoms with E-state index in [4.69, 9.17) is 29.0 Å². The number of ketones is 1. The van der Waals surface area contributed by atoms with Gasteiger partial charge in [-0.1, -0.05) is 0 Å². The van der Waals surface area contributed by atoms with Gasteiger partial charge in [0.25, 0.3) is 0 Å². The average Bonchev–Trinajstić information content (AvgIpc) is 3.30. The monoisotopic (exact) mass is 462 g/mol. The van der Waals surface area contributed by atoms with E-state index in [9.17, 15) is 4.79 Å². The molecule has 0 bridgehead atoms. The third-order valence-corrected chi connectivity index (χ3v) is 6.24. The molecule has 0 amide bonds. The molecule has 3 aromatic rings. The fraction of sp³-hybridized carbons (Fsp3) is 0.320. The first kappa shape index (κ1) is 21.8. The SMILES string of the molecule is COc1ccc(OC)c(C2C3=C(CCCC3=O)Nc3nc(-c4ccc(OC)c(OC)c4)nn32)c1. The van der Waals surface area contributed by atoms with Crippen molar-refractivity contribution in [2.24, 2.45) is 0 Å². The number of allylic oxidation sites excluding steroid dienone is 2. The molecule has 9 heteroatoms. The van der Waals surface area contributed by atoms with E-state index in [0.717, 1.165) is 29.7 Å². The summed E-state index contributed by atoms with van der Waals surface area (Å²) in [6, 6.07) is 10.6. The molecule has 0 fully saturated rings. The van der Waals surface area contributed by atoms with Crippen LogP contribution in [0.1, 0.15) is 30.9 Å². The molecule has 1 aliphatic carbocycles. The summed E-state index contributed by atoms with van der Waals surface area (Å²) in [6.45, 7) is 0. The van der Waals surface area contributed by atoms with Crippen molar-refractivity contribution in [3.8, 4) is 34.4 Å². The molecular formula is C25H26N4O5. The first-order valence-corrected chi connectivity index (χ1v) is 11.0. The molecule has 176 valence electrons. The molecule has 0 spiro atoms. The zero-order chi connectivity index (χ0) is 23.8. The lowest BCUT2D eigenvalue weighted by molar-refractivity contribution is -0.116. The maximum atomic E-state index is 13.1. The number of nitrogens with zero attached hydrogens (tertiary/aromatic N) is 3. The lowest BCUT2D eigenvalue weighted by Crippen LogP contribution is -2.31. The Morgan fingerprint density at radius 2 is 1.68 bits per heavy atom. The van der Waals surface area contributed by atoms with Crippen molar-refractivity contribution in [1.82, 2.24) is 14.8 Å². The number of anilines is 1. The molecule has 1 aliphatic heterocycles. The molecule has 0 saturated carbocycles. The first-order valence-electron chi connectivity index (χ1n) is 11.0. The largest absolute Gasteiger partial charge is 0.497 e. The summed E-state index contributed by atoms with van der Waals surface area (Å²) in [5.74, 6) is 3.68. The number of nitrogens with one attached hydrogen (secondary N) is 1. The van der Waals surface area contributed by atoms with Gasteiger partial charge < -0.3 is 24.3 Å². The maximum absolute atomic E-state index is 13.1. The zero-order valence-corrected chi connectivity index (χ0v) is 19.5. The number of carbonyl (C=O) groups is 1. The summed E-state index contributed by atoms with van der Waals surface area (Å²) in [5, 5.41) is 8.19. The Balaban J connectivity index is 1.69. The Labute approximate surface area is 197 Å². The van der Waals surface area contributed by atoms with Crippen molar-refractivity contribution in [1.29, 1.82) is 0 Å². The molecule has 2 aliphatic rings. The van der Waals surface area contributed by atoms with Crippen LogP contribution in [0.2, 0.25) is 0 Å². The maximum Gasteiger partial charge on any atom is 0.226 e. The van der Waals surface area contributed by atoms with Crippen molar-refractivity contribution in [2.75, 3.05) is 33.8 Å². The van der Waals surface area contributed by atoms with E-state index in [0.29, 0.717) is 46.8 Å². The number of rotatable bonds is 6. The van der Waals surface area contributed by atoms with E-state index < -0.39 is 6.04 Å². The third-order valence-electron chi connectivity index (χ3n) is 6.24. The molecule has 2 aromatic carbocycles. The van der Waals surface area contributed by atoms with Gasteiger partial charge in [-0.25, -0.2) is 4.68 Å². The Kier molecular flexibility index (Phi) is 5.61. The highest BCUT2D eigenvalue weighted by atomic mass is 16.5. The van der Waals surface area contributed by atoms with Gasteiger partial charge in [0.2, 0.25) is 5.95 Å². The second kappa shape index (κ2) is 8.74. The van der Waals surface area contributed by atoms with Crippen LogP contribution in [0, 0.1) is 0 Å². The van der Waals surface area contributed by atoms with Gasteiger partial charge in [-0.15, -0.1) is 5.10 Å². The zero-order valence-electron chi connectivity index (χ0n) is 19.5. The normalized spacial score (nSPS) is 16.9. The molecule has 0 radical (unpaired) electrons. The molecule has 1 aromatic heterocycles. The van der Waals surface area contributed by atoms with Gasteiger partial charge in [-0.3, -0.25) is 4.79 Å². The predicted molar refractivity (Wildman–Crippen MR) is 126 cm³/mol. The Morgan fingerprint density at radius 3 is 2.41 bits per heavy atom. The highest BCUT2D eigenvalue weighted by Crippen LogP contribution is 2.44. The van der Waals surface area contributed by atoms with Gasteiger partial charge in [0.05, 0.1) is 28.4 Å². The summed E-state index contributed by atoms with van der Waals surface area (Å²) < 4.78 is 23.7. The number of fused-ring (bicyclic) bond motifs is 1. The van der Waals surface area contributed by atoms with Crippen LogP contribution < -0.4 is 24.3 Å². The number of Topliss-reactive ketones (excluding diaryl/α,β-unsaturated/α-hetero) is 1. The van der Waals surface area contributed by atoms with Gasteiger partial charge in [-0.05, 0) is 49.2 Å². The highest BCUT2D eigenvalue weighted by Gasteiger charge is 2.38. The van der Waals surface area contributed by atoms with Gasteiger partial charge in [0, 0.05) is 28.8 Å². The molecule has 5 rings (SSSR count). The average molecular weight is 463 g/mol. The van der Waals surface area contributed by atoms with Crippen molar-refractivity contribution in [3.63, 3.8) is 0 Å². The number of benzene rings is 2. The second-order valence-corrected chi connectivity index (χ2v) is 8.08.